The molecule has 13 heteroatoms. The second kappa shape index (κ2) is 21.0. The fourth-order valence-corrected chi connectivity index (χ4v) is 16.4. The van der Waals surface area contributed by atoms with Crippen molar-refractivity contribution in [3.8, 4) is 51.3 Å². The molecule has 6 aromatic heterocycles. The number of benzene rings is 14. The van der Waals surface area contributed by atoms with E-state index in [4.69, 9.17) is 0 Å². The minimum absolute atomic E-state index is 0.0222. The van der Waals surface area contributed by atoms with Crippen LogP contribution in [0, 0.1) is 11.3 Å². The van der Waals surface area contributed by atoms with Crippen LogP contribution in [0.1, 0.15) is 16.7 Å². The van der Waals surface area contributed by atoms with Crippen LogP contribution in [0.2, 0.25) is 0 Å². The normalized spacial score (nSPS) is 12.5. The van der Waals surface area contributed by atoms with Gasteiger partial charge in [0.1, 0.15) is 0 Å². The number of halogens is 6. The van der Waals surface area contributed by atoms with E-state index >= 15 is 26.3 Å². The average Bonchev–Trinajstić information content (AvgIpc) is 1.53. The Morgan fingerprint density at radius 3 is 0.660 bits per heavy atom. The molecule has 0 spiro atoms. The lowest BCUT2D eigenvalue weighted by Crippen LogP contribution is -2.16. The third-order valence-corrected chi connectivity index (χ3v) is 20.5. The van der Waals surface area contributed by atoms with E-state index in [-0.39, 0.29) is 16.9 Å². The minimum atomic E-state index is -5.36. The predicted octanol–water partition coefficient (Wildman–Crippen LogP) is 23.8. The third kappa shape index (κ3) is 8.16. The molecule has 7 nitrogen and oxygen atoms in total. The van der Waals surface area contributed by atoms with Gasteiger partial charge in [0.2, 0.25) is 0 Å². The van der Waals surface area contributed by atoms with E-state index in [1.165, 1.54) is 12.1 Å². The number of hydrogen-bond acceptors (Lipinski definition) is 1. The maximum atomic E-state index is 16.8. The molecule has 0 fully saturated rings. The summed E-state index contributed by atoms with van der Waals surface area (Å²) in [6, 6.07) is 95.8. The van der Waals surface area contributed by atoms with Crippen LogP contribution in [0.25, 0.3) is 176 Å². The van der Waals surface area contributed by atoms with E-state index in [1.54, 1.807) is 9.13 Å². The van der Waals surface area contributed by atoms with Gasteiger partial charge < -0.3 is 27.4 Å². The molecule has 0 aliphatic heterocycles. The largest absolute Gasteiger partial charge is 0.417 e. The lowest BCUT2D eigenvalue weighted by Gasteiger charge is -2.26. The number of para-hydroxylation sites is 8. The number of rotatable bonds is 7. The number of aromatic nitrogens is 6. The molecule has 20 aromatic rings. The zero-order chi connectivity index (χ0) is 67.0. The van der Waals surface area contributed by atoms with Gasteiger partial charge in [-0.15, -0.1) is 0 Å². The van der Waals surface area contributed by atoms with E-state index in [9.17, 15) is 5.26 Å². The molecule has 0 bridgehead atoms. The molecule has 0 radical (unpaired) electrons. The first kappa shape index (κ1) is 57.2. The topological polar surface area (TPSA) is 53.4 Å². The Hall–Kier alpha value is -13.1. The molecular weight excluding hydrogens is 1260 g/mol. The fraction of sp³-hybridized carbons (Fsp3) is 0.0230. The summed E-state index contributed by atoms with van der Waals surface area (Å²) in [5.41, 5.74) is 6.87. The van der Waals surface area contributed by atoms with Gasteiger partial charge in [-0.25, -0.2) is 0 Å². The lowest BCUT2D eigenvalue weighted by atomic mass is 9.89. The van der Waals surface area contributed by atoms with Gasteiger partial charge in [0.15, 0.2) is 0 Å². The van der Waals surface area contributed by atoms with Gasteiger partial charge >= 0.3 is 12.4 Å². The van der Waals surface area contributed by atoms with Crippen molar-refractivity contribution < 1.29 is 26.3 Å². The summed E-state index contributed by atoms with van der Waals surface area (Å²) >= 11 is 0. The summed E-state index contributed by atoms with van der Waals surface area (Å²) < 4.78 is 113. The van der Waals surface area contributed by atoms with Crippen LogP contribution in [0.15, 0.2) is 297 Å². The van der Waals surface area contributed by atoms with E-state index in [2.05, 4.69) is 72.9 Å². The first-order chi connectivity index (χ1) is 48.9. The van der Waals surface area contributed by atoms with E-state index in [0.717, 1.165) is 105 Å². The summed E-state index contributed by atoms with van der Waals surface area (Å²) in [5.74, 6) is 0. The van der Waals surface area contributed by atoms with Crippen LogP contribution in [0.3, 0.4) is 0 Å². The molecule has 6 heterocycles. The molecule has 0 aliphatic rings. The number of nitriles is 1. The van der Waals surface area contributed by atoms with Crippen LogP contribution in [0.4, 0.5) is 26.3 Å². The molecule has 0 N–H and O–H groups in total. The summed E-state index contributed by atoms with van der Waals surface area (Å²) in [7, 11) is 0. The smallest absolute Gasteiger partial charge is 0.309 e. The summed E-state index contributed by atoms with van der Waals surface area (Å²) in [4.78, 5) is 0. The van der Waals surface area contributed by atoms with E-state index in [0.29, 0.717) is 66.4 Å². The second-order valence-corrected chi connectivity index (χ2v) is 25.7. The molecule has 0 saturated carbocycles. The molecule has 0 atom stereocenters. The van der Waals surface area contributed by atoms with Gasteiger partial charge in [0.05, 0.1) is 100 Å². The average molecular weight is 1310 g/mol. The van der Waals surface area contributed by atoms with Crippen LogP contribution in [0.5, 0.6) is 0 Å². The fourth-order valence-electron chi connectivity index (χ4n) is 16.4. The SMILES string of the molecule is N#Cc1cc(-n2c3cc(-n4c5ccccc5c5ccccc54)ccc3c3ccc(-n4c5ccccc5c5ccccc54)cc32)c(-c2c(C(F)(F)F)cccc2C(F)(F)F)c(-n2c3cc(-n4c5ccccc5c5ccccc54)ccc3c3ccc(-n4c5ccccc5c5ccccc54)cc32)c1. The number of fused-ring (bicyclic) bond motifs is 18. The molecule has 100 heavy (non-hydrogen) atoms. The summed E-state index contributed by atoms with van der Waals surface area (Å²) in [6.07, 6.45) is -10.7. The summed E-state index contributed by atoms with van der Waals surface area (Å²) in [6.45, 7) is 0. The van der Waals surface area contributed by atoms with Crippen LogP contribution in [-0.4, -0.2) is 27.4 Å². The molecule has 14 aromatic carbocycles. The van der Waals surface area contributed by atoms with Crippen molar-refractivity contribution in [2.75, 3.05) is 0 Å². The van der Waals surface area contributed by atoms with Gasteiger partial charge in [-0.3, -0.25) is 0 Å². The number of hydrogen-bond donors (Lipinski definition) is 0. The molecule has 20 rings (SSSR count). The van der Waals surface area contributed by atoms with Crippen molar-refractivity contribution in [1.29, 1.82) is 5.26 Å². The first-order valence-corrected chi connectivity index (χ1v) is 32.9. The van der Waals surface area contributed by atoms with Gasteiger partial charge in [0, 0.05) is 98.5 Å². The van der Waals surface area contributed by atoms with Gasteiger partial charge in [-0.1, -0.05) is 176 Å². The summed E-state index contributed by atoms with van der Waals surface area (Å²) in [5, 5.41) is 22.3. The van der Waals surface area contributed by atoms with Gasteiger partial charge in [-0.2, -0.15) is 31.6 Å². The Morgan fingerprint density at radius 1 is 0.220 bits per heavy atom. The molecule has 0 saturated heterocycles. The van der Waals surface area contributed by atoms with Crippen molar-refractivity contribution in [2.24, 2.45) is 0 Å². The van der Waals surface area contributed by atoms with E-state index < -0.39 is 34.6 Å². The van der Waals surface area contributed by atoms with Gasteiger partial charge in [0.25, 0.3) is 0 Å². The standard InChI is InChI=1S/C87H49F6N7/c88-86(89,90)68-26-17-27-69(87(91,92)93)84(68)85-82(99-78-46-52(95-70-28-9-1-18-56(70)57-19-2-10-29-71(57)95)36-40-64(78)65-41-37-53(47-79(65)99)96-72-30-11-3-20-58(72)59-21-4-12-31-73(59)96)44-51(50-94)45-83(85)100-80-48-54(97-74-32-13-5-22-60(74)61-23-6-14-33-75(61)97)38-42-66(80)67-43-39-55(49-81(67)100)98-76-34-15-7-24-62(76)63-25-8-16-35-77(63)98/h1-49H. The quantitative estimate of drug-likeness (QED) is 0.147. The van der Waals surface area contributed by atoms with Gasteiger partial charge in [-0.05, 0) is 121 Å². The molecule has 474 valence electrons. The Kier molecular flexibility index (Phi) is 12.0. The monoisotopic (exact) mass is 1310 g/mol. The van der Waals surface area contributed by atoms with Crippen LogP contribution >= 0.6 is 0 Å². The Balaban J connectivity index is 0.988. The highest BCUT2D eigenvalue weighted by Crippen LogP contribution is 2.52. The molecular formula is C87H49F6N7. The second-order valence-electron chi connectivity index (χ2n) is 25.7. The zero-order valence-corrected chi connectivity index (χ0v) is 52.7. The van der Waals surface area contributed by atoms with Crippen molar-refractivity contribution in [3.05, 3.63) is 314 Å². The number of alkyl halides is 6. The predicted molar refractivity (Wildman–Crippen MR) is 393 cm³/mol. The van der Waals surface area contributed by atoms with Crippen molar-refractivity contribution in [2.45, 2.75) is 12.4 Å². The van der Waals surface area contributed by atoms with Crippen LogP contribution < -0.4 is 0 Å². The van der Waals surface area contributed by atoms with Crippen molar-refractivity contribution >= 4 is 131 Å². The molecule has 0 unspecified atom stereocenters. The maximum Gasteiger partial charge on any atom is 0.417 e. The van der Waals surface area contributed by atoms with E-state index in [1.807, 2.05) is 218 Å². The lowest BCUT2D eigenvalue weighted by molar-refractivity contribution is -0.142. The minimum Gasteiger partial charge on any atom is -0.309 e. The zero-order valence-electron chi connectivity index (χ0n) is 52.7. The highest BCUT2D eigenvalue weighted by Gasteiger charge is 2.43. The first-order valence-electron chi connectivity index (χ1n) is 32.9. The third-order valence-electron chi connectivity index (χ3n) is 20.5. The van der Waals surface area contributed by atoms with Crippen molar-refractivity contribution in [3.63, 3.8) is 0 Å². The van der Waals surface area contributed by atoms with Crippen LogP contribution in [-0.2, 0) is 12.4 Å². The molecule has 0 amide bonds. The Morgan fingerprint density at radius 2 is 0.440 bits per heavy atom. The highest BCUT2D eigenvalue weighted by atomic mass is 19.4. The Labute approximate surface area is 564 Å². The van der Waals surface area contributed by atoms with Crippen molar-refractivity contribution in [1.82, 2.24) is 27.4 Å². The molecule has 0 aliphatic carbocycles. The Bertz CT molecular complexity index is 6020. The highest BCUT2D eigenvalue weighted by molar-refractivity contribution is 6.17. The maximum absolute atomic E-state index is 16.8. The number of nitrogens with zero attached hydrogens (tertiary/aromatic N) is 7.